The van der Waals surface area contributed by atoms with Crippen LogP contribution in [0.3, 0.4) is 0 Å². The highest BCUT2D eigenvalue weighted by Crippen LogP contribution is 2.41. The van der Waals surface area contributed by atoms with Crippen LogP contribution in [0.25, 0.3) is 44.5 Å². The SMILES string of the molecule is CCCCN(CCCC)c1ccc2c(-c3ccc(-c4ccccc4)cc3)c3ccc(=N)cc-3oc2c1. The maximum absolute atomic E-state index is 8.18. The first-order valence-corrected chi connectivity index (χ1v) is 13.1. The second kappa shape index (κ2) is 10.8. The van der Waals surface area contributed by atoms with E-state index in [1.165, 1.54) is 42.5 Å². The average Bonchev–Trinajstić information content (AvgIpc) is 2.92. The van der Waals surface area contributed by atoms with Gasteiger partial charge in [-0.2, -0.15) is 0 Å². The van der Waals surface area contributed by atoms with Gasteiger partial charge in [0.25, 0.3) is 0 Å². The van der Waals surface area contributed by atoms with E-state index >= 15 is 0 Å². The number of benzene rings is 4. The van der Waals surface area contributed by atoms with Crippen LogP contribution < -0.4 is 10.3 Å². The Kier molecular flexibility index (Phi) is 7.18. The summed E-state index contributed by atoms with van der Waals surface area (Å²) in [4.78, 5) is 2.49. The monoisotopic (exact) mass is 474 g/mol. The number of nitrogens with one attached hydrogen (secondary N) is 1. The van der Waals surface area contributed by atoms with E-state index in [1.807, 2.05) is 24.3 Å². The number of fused-ring (bicyclic) bond motifs is 2. The normalized spacial score (nSPS) is 11.3. The lowest BCUT2D eigenvalue weighted by Crippen LogP contribution is -2.25. The molecule has 1 N–H and O–H groups in total. The van der Waals surface area contributed by atoms with E-state index in [2.05, 4.69) is 85.5 Å². The van der Waals surface area contributed by atoms with Crippen molar-refractivity contribution >= 4 is 16.7 Å². The van der Waals surface area contributed by atoms with Crippen LogP contribution in [0.1, 0.15) is 39.5 Å². The molecule has 3 aromatic rings. The number of rotatable bonds is 9. The molecule has 0 radical (unpaired) electrons. The summed E-state index contributed by atoms with van der Waals surface area (Å²) in [5, 5.41) is 9.74. The zero-order valence-electron chi connectivity index (χ0n) is 21.3. The Morgan fingerprint density at radius 1 is 0.694 bits per heavy atom. The predicted octanol–water partition coefficient (Wildman–Crippen LogP) is 8.76. The summed E-state index contributed by atoms with van der Waals surface area (Å²) < 4.78 is 6.44. The topological polar surface area (TPSA) is 40.2 Å². The van der Waals surface area contributed by atoms with E-state index < -0.39 is 0 Å². The van der Waals surface area contributed by atoms with Gasteiger partial charge in [-0.3, -0.25) is 0 Å². The van der Waals surface area contributed by atoms with Crippen LogP contribution in [0.15, 0.2) is 95.4 Å². The van der Waals surface area contributed by atoms with Crippen molar-refractivity contribution in [2.75, 3.05) is 18.0 Å². The molecule has 0 amide bonds. The lowest BCUT2D eigenvalue weighted by molar-refractivity contribution is 0.618. The van der Waals surface area contributed by atoms with Crippen molar-refractivity contribution in [3.63, 3.8) is 0 Å². The Morgan fingerprint density at radius 3 is 2.06 bits per heavy atom. The molecule has 0 atom stereocenters. The van der Waals surface area contributed by atoms with Gasteiger partial charge < -0.3 is 14.7 Å². The number of anilines is 1. The Morgan fingerprint density at radius 2 is 1.36 bits per heavy atom. The van der Waals surface area contributed by atoms with Gasteiger partial charge >= 0.3 is 0 Å². The van der Waals surface area contributed by atoms with E-state index in [9.17, 15) is 0 Å². The van der Waals surface area contributed by atoms with Gasteiger partial charge in [-0.1, -0.05) is 81.3 Å². The minimum absolute atomic E-state index is 0.458. The second-order valence-electron chi connectivity index (χ2n) is 9.51. The molecule has 3 nitrogen and oxygen atoms in total. The van der Waals surface area contributed by atoms with Crippen LogP contribution in [-0.2, 0) is 0 Å². The zero-order valence-corrected chi connectivity index (χ0v) is 21.3. The smallest absolute Gasteiger partial charge is 0.137 e. The number of nitrogens with zero attached hydrogens (tertiary/aromatic N) is 1. The van der Waals surface area contributed by atoms with Crippen LogP contribution in [0.2, 0.25) is 0 Å². The molecule has 0 fully saturated rings. The number of unbranched alkanes of at least 4 members (excludes halogenated alkanes) is 2. The van der Waals surface area contributed by atoms with Crippen LogP contribution in [0.5, 0.6) is 0 Å². The first kappa shape index (κ1) is 23.9. The Bertz CT molecular complexity index is 1460. The maximum Gasteiger partial charge on any atom is 0.137 e. The highest BCUT2D eigenvalue weighted by Gasteiger charge is 2.18. The van der Waals surface area contributed by atoms with Gasteiger partial charge in [0, 0.05) is 47.4 Å². The Labute approximate surface area is 213 Å². The fourth-order valence-electron chi connectivity index (χ4n) is 4.91. The number of hydrogen-bond acceptors (Lipinski definition) is 3. The van der Waals surface area contributed by atoms with Crippen molar-refractivity contribution in [1.29, 1.82) is 5.41 Å². The second-order valence-corrected chi connectivity index (χ2v) is 9.51. The molecule has 0 bridgehead atoms. The van der Waals surface area contributed by atoms with Gasteiger partial charge in [-0.05, 0) is 53.8 Å². The van der Waals surface area contributed by atoms with Crippen molar-refractivity contribution in [1.82, 2.24) is 0 Å². The van der Waals surface area contributed by atoms with E-state index in [0.717, 1.165) is 46.5 Å². The van der Waals surface area contributed by atoms with Crippen LogP contribution in [0, 0.1) is 5.41 Å². The van der Waals surface area contributed by atoms with Gasteiger partial charge in [0.15, 0.2) is 0 Å². The summed E-state index contributed by atoms with van der Waals surface area (Å²) >= 11 is 0. The molecule has 1 aliphatic carbocycles. The quantitative estimate of drug-likeness (QED) is 0.217. The summed E-state index contributed by atoms with van der Waals surface area (Å²) in [6.45, 7) is 6.60. The van der Waals surface area contributed by atoms with Gasteiger partial charge in [0.2, 0.25) is 0 Å². The largest absolute Gasteiger partial charge is 0.456 e. The summed E-state index contributed by atoms with van der Waals surface area (Å²) in [7, 11) is 0. The predicted molar refractivity (Wildman–Crippen MR) is 152 cm³/mol. The van der Waals surface area contributed by atoms with Crippen molar-refractivity contribution in [2.45, 2.75) is 39.5 Å². The third-order valence-electron chi connectivity index (χ3n) is 6.91. The van der Waals surface area contributed by atoms with Gasteiger partial charge in [-0.15, -0.1) is 0 Å². The average molecular weight is 475 g/mol. The lowest BCUT2D eigenvalue weighted by Gasteiger charge is -2.25. The molecule has 0 unspecified atom stereocenters. The molecule has 182 valence electrons. The molecule has 0 aromatic heterocycles. The molecule has 0 spiro atoms. The van der Waals surface area contributed by atoms with E-state index in [0.29, 0.717) is 5.36 Å². The third-order valence-corrected chi connectivity index (χ3v) is 6.91. The van der Waals surface area contributed by atoms with Crippen molar-refractivity contribution in [2.24, 2.45) is 0 Å². The Hall–Kier alpha value is -3.85. The molecule has 3 heteroatoms. The summed E-state index contributed by atoms with van der Waals surface area (Å²) in [6.07, 6.45) is 4.72. The first-order valence-electron chi connectivity index (χ1n) is 13.1. The molecular weight excluding hydrogens is 440 g/mol. The fraction of sp³-hybridized carbons (Fsp3) is 0.242. The third kappa shape index (κ3) is 4.92. The first-order chi connectivity index (χ1) is 17.7. The van der Waals surface area contributed by atoms with Crippen molar-refractivity contribution in [3.05, 3.63) is 96.4 Å². The van der Waals surface area contributed by atoms with Crippen LogP contribution >= 0.6 is 0 Å². The van der Waals surface area contributed by atoms with Gasteiger partial charge in [0.1, 0.15) is 11.3 Å². The van der Waals surface area contributed by atoms with Crippen molar-refractivity contribution in [3.8, 4) is 33.6 Å². The number of hydrogen-bond donors (Lipinski definition) is 1. The molecule has 0 saturated carbocycles. The minimum atomic E-state index is 0.458. The van der Waals surface area contributed by atoms with E-state index in [-0.39, 0.29) is 0 Å². The van der Waals surface area contributed by atoms with Gasteiger partial charge in [-0.25, -0.2) is 0 Å². The zero-order chi connectivity index (χ0) is 24.9. The lowest BCUT2D eigenvalue weighted by atomic mass is 9.92. The summed E-state index contributed by atoms with van der Waals surface area (Å²) in [5.41, 5.74) is 7.83. The molecule has 3 aromatic carbocycles. The van der Waals surface area contributed by atoms with Gasteiger partial charge in [0.05, 0.1) is 5.36 Å². The minimum Gasteiger partial charge on any atom is -0.456 e. The fourth-order valence-corrected chi connectivity index (χ4v) is 4.91. The summed E-state index contributed by atoms with van der Waals surface area (Å²) in [5.74, 6) is 0.753. The highest BCUT2D eigenvalue weighted by atomic mass is 16.3. The molecule has 36 heavy (non-hydrogen) atoms. The van der Waals surface area contributed by atoms with Crippen molar-refractivity contribution < 1.29 is 4.42 Å². The Balaban J connectivity index is 1.64. The molecule has 0 saturated heterocycles. The van der Waals surface area contributed by atoms with E-state index in [1.54, 1.807) is 0 Å². The maximum atomic E-state index is 8.18. The van der Waals surface area contributed by atoms with Crippen LogP contribution in [0.4, 0.5) is 5.69 Å². The molecule has 5 rings (SSSR count). The summed E-state index contributed by atoms with van der Waals surface area (Å²) in [6, 6.07) is 31.6. The molecular formula is C33H34N2O. The van der Waals surface area contributed by atoms with Crippen LogP contribution in [-0.4, -0.2) is 13.1 Å². The standard InChI is InChI=1S/C33H34N2O/c1-3-5-20-35(21-6-4-2)28-17-19-30-32(23-28)36-31-22-27(34)16-18-29(31)33(30)26-14-12-25(13-15-26)24-10-8-7-9-11-24/h7-19,22-23,34H,3-6,20-21H2,1-2H3. The van der Waals surface area contributed by atoms with E-state index in [4.69, 9.17) is 9.83 Å². The molecule has 2 aliphatic rings. The molecule has 1 heterocycles. The molecule has 1 aliphatic heterocycles. The highest BCUT2D eigenvalue weighted by molar-refractivity contribution is 6.02.